The Morgan fingerprint density at radius 3 is 1.95 bits per heavy atom. The first-order valence-electron chi connectivity index (χ1n) is 7.28. The quantitative estimate of drug-likeness (QED) is 0.917. The molecule has 0 radical (unpaired) electrons. The maximum Gasteiger partial charge on any atom is 0.250 e. The van der Waals surface area contributed by atoms with E-state index in [9.17, 15) is 4.79 Å². The molecule has 1 unspecified atom stereocenters. The predicted molar refractivity (Wildman–Crippen MR) is 84.4 cm³/mol. The minimum Gasteiger partial charge on any atom is -0.312 e. The lowest BCUT2D eigenvalue weighted by Gasteiger charge is -2.18. The summed E-state index contributed by atoms with van der Waals surface area (Å²) in [7, 11) is 0. The fourth-order valence-electron chi connectivity index (χ4n) is 2.69. The maximum atomic E-state index is 12.0. The number of aliphatic imine (C=N–C) groups is 1. The second-order valence-corrected chi connectivity index (χ2v) is 5.18. The Labute approximate surface area is 124 Å². The number of amides is 1. The van der Waals surface area contributed by atoms with Crippen LogP contribution in [0.5, 0.6) is 0 Å². The van der Waals surface area contributed by atoms with Gasteiger partial charge in [0.05, 0.1) is 5.92 Å². The Hall–Kier alpha value is -2.42. The highest BCUT2D eigenvalue weighted by atomic mass is 16.2. The molecule has 106 valence electrons. The smallest absolute Gasteiger partial charge is 0.250 e. The van der Waals surface area contributed by atoms with Crippen molar-refractivity contribution in [3.05, 3.63) is 71.8 Å². The first-order valence-corrected chi connectivity index (χ1v) is 7.28. The van der Waals surface area contributed by atoms with Crippen molar-refractivity contribution in [3.63, 3.8) is 0 Å². The molecule has 1 aliphatic heterocycles. The summed E-state index contributed by atoms with van der Waals surface area (Å²) in [5, 5.41) is 2.96. The number of carbonyl (C=O) groups is 1. The number of nitrogens with zero attached hydrogens (tertiary/aromatic N) is 1. The van der Waals surface area contributed by atoms with Crippen molar-refractivity contribution in [2.75, 3.05) is 0 Å². The molecule has 2 aromatic carbocycles. The van der Waals surface area contributed by atoms with Crippen molar-refractivity contribution < 1.29 is 4.79 Å². The molecule has 3 nitrogen and oxygen atoms in total. The molecule has 0 bridgehead atoms. The van der Waals surface area contributed by atoms with Gasteiger partial charge in [-0.3, -0.25) is 9.79 Å². The van der Waals surface area contributed by atoms with Crippen LogP contribution in [0.15, 0.2) is 65.7 Å². The third-order valence-electron chi connectivity index (χ3n) is 3.77. The molecule has 0 saturated carbocycles. The molecule has 1 aliphatic rings. The van der Waals surface area contributed by atoms with Crippen LogP contribution < -0.4 is 5.32 Å². The Morgan fingerprint density at radius 1 is 1.00 bits per heavy atom. The van der Waals surface area contributed by atoms with Crippen LogP contribution in [0.1, 0.15) is 30.4 Å². The van der Waals surface area contributed by atoms with E-state index in [0.717, 1.165) is 23.4 Å². The first kappa shape index (κ1) is 13.6. The van der Waals surface area contributed by atoms with Crippen LogP contribution >= 0.6 is 0 Å². The number of hydrogen-bond donors (Lipinski definition) is 1. The Balaban J connectivity index is 2.04. The molecule has 1 N–H and O–H groups in total. The van der Waals surface area contributed by atoms with E-state index in [1.807, 2.05) is 43.3 Å². The predicted octanol–water partition coefficient (Wildman–Crippen LogP) is 3.13. The van der Waals surface area contributed by atoms with E-state index in [-0.39, 0.29) is 17.9 Å². The largest absolute Gasteiger partial charge is 0.312 e. The molecular weight excluding hydrogens is 260 g/mol. The second-order valence-electron chi connectivity index (χ2n) is 5.18. The van der Waals surface area contributed by atoms with Crippen LogP contribution in [0, 0.1) is 0 Å². The van der Waals surface area contributed by atoms with E-state index in [2.05, 4.69) is 34.6 Å². The Bertz CT molecular complexity index is 610. The minimum absolute atomic E-state index is 0.00404. The third-order valence-corrected chi connectivity index (χ3v) is 3.77. The van der Waals surface area contributed by atoms with Crippen molar-refractivity contribution in [1.29, 1.82) is 0 Å². The van der Waals surface area contributed by atoms with E-state index < -0.39 is 0 Å². The standard InChI is InChI=1S/C18H18N2O/c1-2-15-18(21)20-17(19-15)16(13-9-5-3-6-10-13)14-11-7-4-8-12-14/h3-12,15-16H,2H2,1H3,(H,19,20,21). The summed E-state index contributed by atoms with van der Waals surface area (Å²) in [6, 6.07) is 20.1. The van der Waals surface area contributed by atoms with E-state index in [1.54, 1.807) is 0 Å². The van der Waals surface area contributed by atoms with Gasteiger partial charge < -0.3 is 5.32 Å². The number of benzene rings is 2. The summed E-state index contributed by atoms with van der Waals surface area (Å²) in [4.78, 5) is 16.6. The zero-order chi connectivity index (χ0) is 14.7. The van der Waals surface area contributed by atoms with Crippen molar-refractivity contribution in [2.45, 2.75) is 25.3 Å². The van der Waals surface area contributed by atoms with Crippen molar-refractivity contribution in [1.82, 2.24) is 5.32 Å². The van der Waals surface area contributed by atoms with E-state index >= 15 is 0 Å². The van der Waals surface area contributed by atoms with Crippen LogP contribution in [-0.4, -0.2) is 17.8 Å². The van der Waals surface area contributed by atoms with Crippen LogP contribution in [0.4, 0.5) is 0 Å². The molecule has 0 spiro atoms. The third kappa shape index (κ3) is 2.72. The van der Waals surface area contributed by atoms with Gasteiger partial charge in [0.2, 0.25) is 5.91 Å². The highest BCUT2D eigenvalue weighted by Gasteiger charge is 2.30. The van der Waals surface area contributed by atoms with Crippen molar-refractivity contribution in [3.8, 4) is 0 Å². The van der Waals surface area contributed by atoms with Gasteiger partial charge in [0, 0.05) is 0 Å². The molecule has 0 aromatic heterocycles. The summed E-state index contributed by atoms with van der Waals surface area (Å²) < 4.78 is 0. The average Bonchev–Trinajstić information content (AvgIpc) is 2.90. The summed E-state index contributed by atoms with van der Waals surface area (Å²) in [5.41, 5.74) is 2.28. The topological polar surface area (TPSA) is 41.5 Å². The van der Waals surface area contributed by atoms with Gasteiger partial charge in [-0.2, -0.15) is 0 Å². The SMILES string of the molecule is CCC1N=C(C(c2ccccc2)c2ccccc2)NC1=O. The molecular formula is C18H18N2O. The van der Waals surface area contributed by atoms with Gasteiger partial charge in [-0.25, -0.2) is 0 Å². The molecule has 1 atom stereocenters. The highest BCUT2D eigenvalue weighted by molar-refractivity contribution is 6.09. The summed E-state index contributed by atoms with van der Waals surface area (Å²) in [5.74, 6) is 0.738. The Kier molecular flexibility index (Phi) is 3.82. The molecule has 2 aromatic rings. The van der Waals surface area contributed by atoms with Gasteiger partial charge in [-0.05, 0) is 17.5 Å². The average molecular weight is 278 g/mol. The molecule has 0 aliphatic carbocycles. The Morgan fingerprint density at radius 2 is 1.52 bits per heavy atom. The molecule has 0 fully saturated rings. The van der Waals surface area contributed by atoms with Crippen molar-refractivity contribution >= 4 is 11.7 Å². The number of carbonyl (C=O) groups excluding carboxylic acids is 1. The lowest BCUT2D eigenvalue weighted by molar-refractivity contribution is -0.120. The number of amidine groups is 1. The highest BCUT2D eigenvalue weighted by Crippen LogP contribution is 2.27. The normalized spacial score (nSPS) is 17.7. The first-order chi connectivity index (χ1) is 10.3. The van der Waals surface area contributed by atoms with Crippen LogP contribution in [-0.2, 0) is 4.79 Å². The summed E-state index contributed by atoms with van der Waals surface area (Å²) in [6.45, 7) is 1.98. The molecule has 1 amide bonds. The number of nitrogens with one attached hydrogen (secondary N) is 1. The fourth-order valence-corrected chi connectivity index (χ4v) is 2.69. The second kappa shape index (κ2) is 5.92. The molecule has 3 rings (SSSR count). The zero-order valence-electron chi connectivity index (χ0n) is 12.0. The molecule has 1 heterocycles. The van der Waals surface area contributed by atoms with E-state index in [1.165, 1.54) is 0 Å². The van der Waals surface area contributed by atoms with Crippen molar-refractivity contribution in [2.24, 2.45) is 4.99 Å². The fraction of sp³-hybridized carbons (Fsp3) is 0.222. The summed E-state index contributed by atoms with van der Waals surface area (Å²) in [6.07, 6.45) is 0.728. The number of rotatable bonds is 4. The maximum absolute atomic E-state index is 12.0. The van der Waals surface area contributed by atoms with E-state index in [0.29, 0.717) is 0 Å². The van der Waals surface area contributed by atoms with Crippen LogP contribution in [0.2, 0.25) is 0 Å². The van der Waals surface area contributed by atoms with Crippen LogP contribution in [0.3, 0.4) is 0 Å². The van der Waals surface area contributed by atoms with Gasteiger partial charge in [-0.15, -0.1) is 0 Å². The molecule has 21 heavy (non-hydrogen) atoms. The van der Waals surface area contributed by atoms with Gasteiger partial charge in [0.15, 0.2) is 0 Å². The molecule has 0 saturated heterocycles. The van der Waals surface area contributed by atoms with Gasteiger partial charge in [0.25, 0.3) is 0 Å². The number of hydrogen-bond acceptors (Lipinski definition) is 2. The monoisotopic (exact) mass is 278 g/mol. The van der Waals surface area contributed by atoms with Crippen LogP contribution in [0.25, 0.3) is 0 Å². The van der Waals surface area contributed by atoms with Gasteiger partial charge in [-0.1, -0.05) is 67.6 Å². The lowest BCUT2D eigenvalue weighted by atomic mass is 9.90. The molecule has 3 heteroatoms. The minimum atomic E-state index is -0.255. The van der Waals surface area contributed by atoms with Gasteiger partial charge in [0.1, 0.15) is 11.9 Å². The lowest BCUT2D eigenvalue weighted by Crippen LogP contribution is -2.32. The van der Waals surface area contributed by atoms with E-state index in [4.69, 9.17) is 0 Å². The van der Waals surface area contributed by atoms with Gasteiger partial charge >= 0.3 is 0 Å². The zero-order valence-corrected chi connectivity index (χ0v) is 12.0. The summed E-state index contributed by atoms with van der Waals surface area (Å²) >= 11 is 0.